The number of allylic oxidation sites excluding steroid dienone is 3. The van der Waals surface area contributed by atoms with Crippen LogP contribution in [-0.2, 0) is 18.8 Å². The van der Waals surface area contributed by atoms with Gasteiger partial charge in [0, 0.05) is 6.10 Å². The molecule has 0 aromatic carbocycles. The third kappa shape index (κ3) is 5.22. The summed E-state index contributed by atoms with van der Waals surface area (Å²) in [7, 11) is -1.86. The molecule has 1 fully saturated rings. The second kappa shape index (κ2) is 7.79. The van der Waals surface area contributed by atoms with Crippen molar-refractivity contribution in [1.82, 2.24) is 5.32 Å². The molecule has 0 spiro atoms. The highest BCUT2D eigenvalue weighted by molar-refractivity contribution is 6.74. The molecule has 140 valence electrons. The average Bonchev–Trinajstić information content (AvgIpc) is 2.72. The zero-order chi connectivity index (χ0) is 19.6. The maximum Gasteiger partial charge on any atom is 0.243 e. The van der Waals surface area contributed by atoms with Crippen LogP contribution in [0.5, 0.6) is 0 Å². The molecule has 5 nitrogen and oxygen atoms in total. The van der Waals surface area contributed by atoms with E-state index in [2.05, 4.69) is 39.2 Å². The molecule has 0 aliphatic carbocycles. The van der Waals surface area contributed by atoms with Gasteiger partial charge in [0.2, 0.25) is 5.91 Å². The number of hydrogen-bond acceptors (Lipinski definition) is 4. The standard InChI is InChI=1S/C19H31NO4Si/c1-12(2)16-17(22)15(18(23)20-16)14(21)11-9-10-13(3)24-25(7,8)19(4,5)6/h9,11,13,15H,10H2,1-8H3,(H,20,23)/b11-9+/t13-,15?/m0/s1. The Morgan fingerprint density at radius 2 is 1.84 bits per heavy atom. The average molecular weight is 366 g/mol. The van der Waals surface area contributed by atoms with Crippen LogP contribution in [0.2, 0.25) is 18.1 Å². The molecule has 1 aliphatic rings. The lowest BCUT2D eigenvalue weighted by atomic mass is 9.98. The zero-order valence-electron chi connectivity index (χ0n) is 16.6. The van der Waals surface area contributed by atoms with Crippen molar-refractivity contribution in [2.45, 2.75) is 72.2 Å². The zero-order valence-corrected chi connectivity index (χ0v) is 17.6. The van der Waals surface area contributed by atoms with E-state index in [4.69, 9.17) is 4.43 Å². The number of amides is 1. The molecule has 0 saturated carbocycles. The third-order valence-corrected chi connectivity index (χ3v) is 9.46. The minimum atomic E-state index is -1.86. The van der Waals surface area contributed by atoms with Gasteiger partial charge >= 0.3 is 0 Å². The van der Waals surface area contributed by atoms with E-state index in [-0.39, 0.29) is 16.8 Å². The summed E-state index contributed by atoms with van der Waals surface area (Å²) in [5.41, 5.74) is 0.945. The Morgan fingerprint density at radius 3 is 2.28 bits per heavy atom. The van der Waals surface area contributed by atoms with Gasteiger partial charge in [0.15, 0.2) is 25.8 Å². The summed E-state index contributed by atoms with van der Waals surface area (Å²) in [4.78, 5) is 36.3. The van der Waals surface area contributed by atoms with Crippen LogP contribution >= 0.6 is 0 Å². The van der Waals surface area contributed by atoms with Crippen LogP contribution in [0.3, 0.4) is 0 Å². The molecule has 1 saturated heterocycles. The summed E-state index contributed by atoms with van der Waals surface area (Å²) in [6, 6.07) is 0. The van der Waals surface area contributed by atoms with Crippen LogP contribution < -0.4 is 5.32 Å². The van der Waals surface area contributed by atoms with Crippen molar-refractivity contribution in [3.05, 3.63) is 23.4 Å². The Hall–Kier alpha value is -1.53. The van der Waals surface area contributed by atoms with Gasteiger partial charge in [-0.25, -0.2) is 0 Å². The summed E-state index contributed by atoms with van der Waals surface area (Å²) in [6.45, 7) is 16.3. The summed E-state index contributed by atoms with van der Waals surface area (Å²) < 4.78 is 6.22. The van der Waals surface area contributed by atoms with Gasteiger partial charge in [-0.2, -0.15) is 0 Å². The fraction of sp³-hybridized carbons (Fsp3) is 0.632. The van der Waals surface area contributed by atoms with Crippen molar-refractivity contribution in [3.63, 3.8) is 0 Å². The van der Waals surface area contributed by atoms with Crippen molar-refractivity contribution in [1.29, 1.82) is 0 Å². The van der Waals surface area contributed by atoms with Gasteiger partial charge in [-0.3, -0.25) is 14.4 Å². The van der Waals surface area contributed by atoms with Crippen LogP contribution in [-0.4, -0.2) is 31.9 Å². The molecular formula is C19H31NO4Si. The number of Topliss-reactive ketones (excluding diaryl/α,β-unsaturated/α-hetero) is 1. The first kappa shape index (κ1) is 21.5. The van der Waals surface area contributed by atoms with Crippen LogP contribution in [0.4, 0.5) is 0 Å². The largest absolute Gasteiger partial charge is 0.414 e. The van der Waals surface area contributed by atoms with Crippen LogP contribution in [0.15, 0.2) is 23.4 Å². The van der Waals surface area contributed by atoms with E-state index >= 15 is 0 Å². The first-order valence-corrected chi connectivity index (χ1v) is 11.6. The predicted octanol–water partition coefficient (Wildman–Crippen LogP) is 3.52. The summed E-state index contributed by atoms with van der Waals surface area (Å²) >= 11 is 0. The molecule has 1 N–H and O–H groups in total. The van der Waals surface area contributed by atoms with Crippen molar-refractivity contribution < 1.29 is 18.8 Å². The van der Waals surface area contributed by atoms with Crippen molar-refractivity contribution in [3.8, 4) is 0 Å². The summed E-state index contributed by atoms with van der Waals surface area (Å²) in [5, 5.41) is 2.62. The lowest BCUT2D eigenvalue weighted by molar-refractivity contribution is -0.133. The highest BCUT2D eigenvalue weighted by Crippen LogP contribution is 2.37. The Kier molecular flexibility index (Phi) is 6.70. The SMILES string of the molecule is CC(C)=C1NC(=O)C(C(=O)/C=C/C[C@H](C)O[Si](C)(C)C(C)(C)C)C1=O. The molecule has 0 aromatic rings. The number of nitrogens with one attached hydrogen (secondary N) is 1. The minimum Gasteiger partial charge on any atom is -0.414 e. The molecule has 0 radical (unpaired) electrons. The number of carbonyl (C=O) groups is 3. The Morgan fingerprint density at radius 1 is 1.28 bits per heavy atom. The lowest BCUT2D eigenvalue weighted by Gasteiger charge is -2.38. The molecule has 25 heavy (non-hydrogen) atoms. The van der Waals surface area contributed by atoms with Crippen LogP contribution in [0, 0.1) is 5.92 Å². The maximum absolute atomic E-state index is 12.2. The van der Waals surface area contributed by atoms with Gasteiger partial charge in [-0.05, 0) is 57.0 Å². The Bertz CT molecular complexity index is 622. The van der Waals surface area contributed by atoms with Crippen molar-refractivity contribution in [2.24, 2.45) is 5.92 Å². The van der Waals surface area contributed by atoms with Gasteiger partial charge in [0.1, 0.15) is 0 Å². The quantitative estimate of drug-likeness (QED) is 0.444. The highest BCUT2D eigenvalue weighted by Gasteiger charge is 2.42. The van der Waals surface area contributed by atoms with Crippen molar-refractivity contribution in [2.75, 3.05) is 0 Å². The molecule has 1 amide bonds. The topological polar surface area (TPSA) is 72.5 Å². The monoisotopic (exact) mass is 365 g/mol. The predicted molar refractivity (Wildman–Crippen MR) is 102 cm³/mol. The number of rotatable bonds is 6. The smallest absolute Gasteiger partial charge is 0.243 e. The van der Waals surface area contributed by atoms with Gasteiger partial charge in [-0.1, -0.05) is 26.8 Å². The first-order valence-electron chi connectivity index (χ1n) is 8.68. The highest BCUT2D eigenvalue weighted by atomic mass is 28.4. The minimum absolute atomic E-state index is 0.0219. The van der Waals surface area contributed by atoms with E-state index in [0.29, 0.717) is 12.0 Å². The van der Waals surface area contributed by atoms with E-state index in [1.807, 2.05) is 6.92 Å². The van der Waals surface area contributed by atoms with Gasteiger partial charge < -0.3 is 9.74 Å². The molecule has 6 heteroatoms. The van der Waals surface area contributed by atoms with Gasteiger partial charge in [0.05, 0.1) is 5.70 Å². The fourth-order valence-electron chi connectivity index (χ4n) is 2.35. The molecule has 0 aromatic heterocycles. The van der Waals surface area contributed by atoms with Crippen molar-refractivity contribution >= 4 is 25.8 Å². The molecule has 1 heterocycles. The number of carbonyl (C=O) groups excluding carboxylic acids is 3. The normalized spacial score (nSPS) is 20.2. The van der Waals surface area contributed by atoms with Crippen LogP contribution in [0.25, 0.3) is 0 Å². The molecule has 0 bridgehead atoms. The second-order valence-electron chi connectivity index (χ2n) is 8.39. The van der Waals surface area contributed by atoms with E-state index in [9.17, 15) is 14.4 Å². The number of ketones is 2. The lowest BCUT2D eigenvalue weighted by Crippen LogP contribution is -2.43. The Balaban J connectivity index is 2.68. The molecule has 1 unspecified atom stereocenters. The van der Waals surface area contributed by atoms with E-state index < -0.39 is 31.7 Å². The third-order valence-electron chi connectivity index (χ3n) is 4.86. The van der Waals surface area contributed by atoms with E-state index in [1.165, 1.54) is 6.08 Å². The summed E-state index contributed by atoms with van der Waals surface area (Å²) in [5.74, 6) is -2.71. The number of hydrogen-bond donors (Lipinski definition) is 1. The van der Waals surface area contributed by atoms with Gasteiger partial charge in [-0.15, -0.1) is 0 Å². The fourth-order valence-corrected chi connectivity index (χ4v) is 3.81. The first-order chi connectivity index (χ1) is 11.3. The Labute approximate surface area is 152 Å². The van der Waals surface area contributed by atoms with Gasteiger partial charge in [0.25, 0.3) is 0 Å². The van der Waals surface area contributed by atoms with E-state index in [1.54, 1.807) is 19.9 Å². The van der Waals surface area contributed by atoms with Crippen LogP contribution in [0.1, 0.15) is 48.0 Å². The summed E-state index contributed by atoms with van der Waals surface area (Å²) in [6.07, 6.45) is 3.57. The maximum atomic E-state index is 12.2. The molecule has 2 atom stereocenters. The van der Waals surface area contributed by atoms with E-state index in [0.717, 1.165) is 0 Å². The second-order valence-corrected chi connectivity index (χ2v) is 13.1. The molecular weight excluding hydrogens is 334 g/mol. The molecule has 1 rings (SSSR count). The molecule has 1 aliphatic heterocycles.